The number of thiazole rings is 1. The molecule has 2 heterocycles. The average Bonchev–Trinajstić information content (AvgIpc) is 3.05. The van der Waals surface area contributed by atoms with Crippen molar-refractivity contribution in [3.63, 3.8) is 0 Å². The number of carbonyl (C=O) groups is 1. The van der Waals surface area contributed by atoms with Gasteiger partial charge in [-0.25, -0.2) is 4.98 Å². The molecule has 0 unspecified atom stereocenters. The van der Waals surface area contributed by atoms with Gasteiger partial charge in [0.25, 0.3) is 0 Å². The number of anilines is 2. The molecule has 116 valence electrons. The highest BCUT2D eigenvalue weighted by atomic mass is 79.9. The van der Waals surface area contributed by atoms with E-state index in [4.69, 9.17) is 0 Å². The SMILES string of the molecule is O=C(CN1CCN(c2nccs2)CC1)Nc1ccc(Br)cc1. The van der Waals surface area contributed by atoms with Crippen LogP contribution in [-0.4, -0.2) is 48.5 Å². The van der Waals surface area contributed by atoms with Gasteiger partial charge in [-0.05, 0) is 24.3 Å². The summed E-state index contributed by atoms with van der Waals surface area (Å²) in [5, 5.41) is 5.99. The van der Waals surface area contributed by atoms with Crippen LogP contribution in [-0.2, 0) is 4.79 Å². The van der Waals surface area contributed by atoms with Gasteiger partial charge in [0.15, 0.2) is 5.13 Å². The highest BCUT2D eigenvalue weighted by Gasteiger charge is 2.20. The van der Waals surface area contributed by atoms with Crippen LogP contribution >= 0.6 is 27.3 Å². The summed E-state index contributed by atoms with van der Waals surface area (Å²) in [7, 11) is 0. The molecule has 0 bridgehead atoms. The first kappa shape index (κ1) is 15.5. The van der Waals surface area contributed by atoms with Gasteiger partial charge in [0, 0.05) is 47.9 Å². The molecule has 1 aliphatic rings. The molecule has 5 nitrogen and oxygen atoms in total. The number of carbonyl (C=O) groups excluding carboxylic acids is 1. The summed E-state index contributed by atoms with van der Waals surface area (Å²) < 4.78 is 1.00. The van der Waals surface area contributed by atoms with Crippen molar-refractivity contribution in [1.29, 1.82) is 0 Å². The second kappa shape index (κ2) is 7.21. The number of halogens is 1. The fourth-order valence-electron chi connectivity index (χ4n) is 2.41. The maximum absolute atomic E-state index is 12.1. The average molecular weight is 381 g/mol. The van der Waals surface area contributed by atoms with Crippen molar-refractivity contribution in [1.82, 2.24) is 9.88 Å². The zero-order valence-electron chi connectivity index (χ0n) is 12.0. The van der Waals surface area contributed by atoms with E-state index in [9.17, 15) is 4.79 Å². The van der Waals surface area contributed by atoms with Crippen molar-refractivity contribution in [3.8, 4) is 0 Å². The predicted octanol–water partition coefficient (Wildman–Crippen LogP) is 2.67. The van der Waals surface area contributed by atoms with Gasteiger partial charge >= 0.3 is 0 Å². The quantitative estimate of drug-likeness (QED) is 0.885. The van der Waals surface area contributed by atoms with Crippen LogP contribution < -0.4 is 10.2 Å². The molecule has 0 saturated carbocycles. The minimum absolute atomic E-state index is 0.0324. The molecule has 1 amide bonds. The second-order valence-corrected chi connectivity index (χ2v) is 6.92. The van der Waals surface area contributed by atoms with Gasteiger partial charge < -0.3 is 10.2 Å². The number of amides is 1. The van der Waals surface area contributed by atoms with Crippen molar-refractivity contribution in [2.75, 3.05) is 42.9 Å². The standard InChI is InChI=1S/C15H17BrN4OS/c16-12-1-3-13(4-2-12)18-14(21)11-19-6-8-20(9-7-19)15-17-5-10-22-15/h1-5,10H,6-9,11H2,(H,18,21). The molecular weight excluding hydrogens is 364 g/mol. The second-order valence-electron chi connectivity index (χ2n) is 5.13. The molecule has 0 radical (unpaired) electrons. The molecule has 0 aliphatic carbocycles. The van der Waals surface area contributed by atoms with Crippen LogP contribution in [0.2, 0.25) is 0 Å². The van der Waals surface area contributed by atoms with E-state index < -0.39 is 0 Å². The first-order chi connectivity index (χ1) is 10.7. The maximum atomic E-state index is 12.1. The first-order valence-corrected chi connectivity index (χ1v) is 8.80. The predicted molar refractivity (Wildman–Crippen MR) is 93.5 cm³/mol. The van der Waals surface area contributed by atoms with E-state index >= 15 is 0 Å². The van der Waals surface area contributed by atoms with Gasteiger partial charge in [-0.2, -0.15) is 0 Å². The van der Waals surface area contributed by atoms with Crippen molar-refractivity contribution in [2.24, 2.45) is 0 Å². The summed E-state index contributed by atoms with van der Waals surface area (Å²) in [6.45, 7) is 4.03. The molecule has 1 N–H and O–H groups in total. The fourth-order valence-corrected chi connectivity index (χ4v) is 3.37. The number of aromatic nitrogens is 1. The lowest BCUT2D eigenvalue weighted by Gasteiger charge is -2.34. The Labute approximate surface area is 142 Å². The summed E-state index contributed by atoms with van der Waals surface area (Å²) >= 11 is 5.04. The highest BCUT2D eigenvalue weighted by Crippen LogP contribution is 2.19. The molecule has 3 rings (SSSR count). The van der Waals surface area contributed by atoms with E-state index in [0.717, 1.165) is 41.5 Å². The third kappa shape index (κ3) is 4.06. The normalized spacial score (nSPS) is 15.8. The molecule has 1 aromatic heterocycles. The molecule has 1 aliphatic heterocycles. The lowest BCUT2D eigenvalue weighted by molar-refractivity contribution is -0.117. The van der Waals surface area contributed by atoms with E-state index in [2.05, 4.69) is 36.0 Å². The first-order valence-electron chi connectivity index (χ1n) is 7.13. The summed E-state index contributed by atoms with van der Waals surface area (Å²) in [6.07, 6.45) is 1.83. The molecule has 7 heteroatoms. The molecule has 1 saturated heterocycles. The van der Waals surface area contributed by atoms with E-state index in [1.807, 2.05) is 35.8 Å². The minimum atomic E-state index is 0.0324. The van der Waals surface area contributed by atoms with Gasteiger partial charge in [0.1, 0.15) is 0 Å². The number of nitrogens with one attached hydrogen (secondary N) is 1. The van der Waals surface area contributed by atoms with E-state index in [1.54, 1.807) is 11.3 Å². The van der Waals surface area contributed by atoms with Crippen molar-refractivity contribution in [3.05, 3.63) is 40.3 Å². The summed E-state index contributed by atoms with van der Waals surface area (Å²) in [6, 6.07) is 7.62. The lowest BCUT2D eigenvalue weighted by atomic mass is 10.3. The maximum Gasteiger partial charge on any atom is 0.238 e. The van der Waals surface area contributed by atoms with Gasteiger partial charge in [-0.1, -0.05) is 15.9 Å². The highest BCUT2D eigenvalue weighted by molar-refractivity contribution is 9.10. The number of benzene rings is 1. The minimum Gasteiger partial charge on any atom is -0.346 e. The van der Waals surface area contributed by atoms with Gasteiger partial charge in [-0.3, -0.25) is 9.69 Å². The van der Waals surface area contributed by atoms with Crippen LogP contribution in [0.15, 0.2) is 40.3 Å². The van der Waals surface area contributed by atoms with E-state index in [1.165, 1.54) is 0 Å². The third-order valence-corrected chi connectivity index (χ3v) is 4.92. The van der Waals surface area contributed by atoms with Crippen molar-refractivity contribution >= 4 is 44.0 Å². The van der Waals surface area contributed by atoms with Gasteiger partial charge in [0.05, 0.1) is 6.54 Å². The Bertz CT molecular complexity index is 609. The van der Waals surface area contributed by atoms with Crippen LogP contribution in [0.25, 0.3) is 0 Å². The van der Waals surface area contributed by atoms with Crippen LogP contribution in [0.3, 0.4) is 0 Å². The molecule has 1 aromatic carbocycles. The third-order valence-electron chi connectivity index (χ3n) is 3.56. The summed E-state index contributed by atoms with van der Waals surface area (Å²) in [4.78, 5) is 20.9. The molecule has 1 fully saturated rings. The number of rotatable bonds is 4. The van der Waals surface area contributed by atoms with Crippen molar-refractivity contribution in [2.45, 2.75) is 0 Å². The smallest absolute Gasteiger partial charge is 0.238 e. The van der Waals surface area contributed by atoms with Gasteiger partial charge in [-0.15, -0.1) is 11.3 Å². The lowest BCUT2D eigenvalue weighted by Crippen LogP contribution is -2.48. The Morgan fingerprint density at radius 2 is 1.95 bits per heavy atom. The number of piperazine rings is 1. The Hall–Kier alpha value is -1.44. The molecule has 0 spiro atoms. The zero-order valence-corrected chi connectivity index (χ0v) is 14.4. The number of hydrogen-bond acceptors (Lipinski definition) is 5. The van der Waals surface area contributed by atoms with Crippen LogP contribution in [0.5, 0.6) is 0 Å². The Kier molecular flexibility index (Phi) is 5.07. The Morgan fingerprint density at radius 1 is 1.23 bits per heavy atom. The Balaban J connectivity index is 1.46. The van der Waals surface area contributed by atoms with E-state index in [-0.39, 0.29) is 5.91 Å². The topological polar surface area (TPSA) is 48.5 Å². The number of hydrogen-bond donors (Lipinski definition) is 1. The monoisotopic (exact) mass is 380 g/mol. The van der Waals surface area contributed by atoms with Crippen LogP contribution in [0.1, 0.15) is 0 Å². The summed E-state index contributed by atoms with van der Waals surface area (Å²) in [5.41, 5.74) is 0.828. The largest absolute Gasteiger partial charge is 0.346 e. The molecular formula is C15H17BrN4OS. The molecule has 22 heavy (non-hydrogen) atoms. The zero-order chi connectivity index (χ0) is 15.4. The van der Waals surface area contributed by atoms with Crippen LogP contribution in [0.4, 0.5) is 10.8 Å². The summed E-state index contributed by atoms with van der Waals surface area (Å²) in [5.74, 6) is 0.0324. The van der Waals surface area contributed by atoms with Crippen LogP contribution in [0, 0.1) is 0 Å². The van der Waals surface area contributed by atoms with Crippen molar-refractivity contribution < 1.29 is 4.79 Å². The number of nitrogens with zero attached hydrogens (tertiary/aromatic N) is 3. The fraction of sp³-hybridized carbons (Fsp3) is 0.333. The Morgan fingerprint density at radius 3 is 2.59 bits per heavy atom. The molecule has 0 atom stereocenters. The van der Waals surface area contributed by atoms with E-state index in [0.29, 0.717) is 6.54 Å². The van der Waals surface area contributed by atoms with Gasteiger partial charge in [0.2, 0.25) is 5.91 Å². The molecule has 2 aromatic rings.